The summed E-state index contributed by atoms with van der Waals surface area (Å²) < 4.78 is 25.1. The van der Waals surface area contributed by atoms with E-state index in [0.717, 1.165) is 44.3 Å². The quantitative estimate of drug-likeness (QED) is 0.0916. The smallest absolute Gasteiger partial charge is 0.247 e. The Morgan fingerprint density at radius 1 is 0.800 bits per heavy atom. The summed E-state index contributed by atoms with van der Waals surface area (Å²) in [5, 5.41) is 5.02. The SMILES string of the molecule is CCCCCCCCCCCCCCCCS(=O)(=O)N/N=C(\c1ccc(Cl)cc1)N1CCCCC1. The molecule has 0 saturated carbocycles. The van der Waals surface area contributed by atoms with E-state index in [0.29, 0.717) is 17.3 Å². The molecule has 0 aliphatic carbocycles. The molecule has 1 aliphatic rings. The van der Waals surface area contributed by atoms with Gasteiger partial charge >= 0.3 is 0 Å². The van der Waals surface area contributed by atoms with Gasteiger partial charge in [0.25, 0.3) is 0 Å². The van der Waals surface area contributed by atoms with E-state index in [9.17, 15) is 8.42 Å². The van der Waals surface area contributed by atoms with E-state index in [1.807, 2.05) is 24.3 Å². The Morgan fingerprint density at radius 3 is 1.80 bits per heavy atom. The predicted octanol–water partition coefficient (Wildman–Crippen LogP) is 7.89. The van der Waals surface area contributed by atoms with Crippen LogP contribution >= 0.6 is 11.6 Å². The molecule has 1 aromatic rings. The molecule has 200 valence electrons. The van der Waals surface area contributed by atoms with Gasteiger partial charge in [0.15, 0.2) is 5.84 Å². The van der Waals surface area contributed by atoms with Crippen LogP contribution in [0, 0.1) is 0 Å². The first kappa shape index (κ1) is 30.0. The van der Waals surface area contributed by atoms with Crippen LogP contribution in [0.2, 0.25) is 5.02 Å². The molecule has 1 saturated heterocycles. The summed E-state index contributed by atoms with van der Waals surface area (Å²) in [6.07, 6.45) is 20.9. The highest BCUT2D eigenvalue weighted by Crippen LogP contribution is 2.17. The van der Waals surface area contributed by atoms with Crippen LogP contribution in [-0.2, 0) is 10.0 Å². The summed E-state index contributed by atoms with van der Waals surface area (Å²) in [6, 6.07) is 7.44. The molecule has 1 aliphatic heterocycles. The molecule has 0 unspecified atom stereocenters. The van der Waals surface area contributed by atoms with Gasteiger partial charge in [-0.25, -0.2) is 13.2 Å². The molecule has 1 aromatic carbocycles. The minimum atomic E-state index is -3.44. The summed E-state index contributed by atoms with van der Waals surface area (Å²) in [6.45, 7) is 4.05. The topological polar surface area (TPSA) is 61.8 Å². The Kier molecular flexibility index (Phi) is 15.4. The number of unbranched alkanes of at least 4 members (excludes halogenated alkanes) is 13. The number of hydrogen-bond donors (Lipinski definition) is 1. The van der Waals surface area contributed by atoms with Gasteiger partial charge in [-0.1, -0.05) is 102 Å². The third kappa shape index (κ3) is 13.6. The molecular formula is C28H48ClN3O2S. The number of hydrazone groups is 1. The minimum absolute atomic E-state index is 0.127. The number of benzene rings is 1. The zero-order valence-corrected chi connectivity index (χ0v) is 23.5. The maximum Gasteiger partial charge on any atom is 0.247 e. The van der Waals surface area contributed by atoms with Crippen LogP contribution in [0.25, 0.3) is 0 Å². The Hall–Kier alpha value is -1.27. The standard InChI is InChI=1S/C28H48ClN3O2S/c1-2-3-4-5-6-7-8-9-10-11-12-13-14-18-25-35(33,34)31-30-28(32-23-16-15-17-24-32)26-19-21-27(29)22-20-26/h19-22,31H,2-18,23-25H2,1H3/b30-28+. The van der Waals surface area contributed by atoms with Crippen molar-refractivity contribution < 1.29 is 8.42 Å². The lowest BCUT2D eigenvalue weighted by atomic mass is 10.0. The van der Waals surface area contributed by atoms with E-state index in [1.165, 1.54) is 77.0 Å². The first-order valence-electron chi connectivity index (χ1n) is 14.1. The van der Waals surface area contributed by atoms with E-state index < -0.39 is 10.0 Å². The van der Waals surface area contributed by atoms with Gasteiger partial charge in [0, 0.05) is 23.7 Å². The van der Waals surface area contributed by atoms with Gasteiger partial charge in [-0.3, -0.25) is 0 Å². The number of likely N-dealkylation sites (tertiary alicyclic amines) is 1. The molecule has 1 fully saturated rings. The maximum atomic E-state index is 12.6. The van der Waals surface area contributed by atoms with Crippen molar-refractivity contribution in [1.29, 1.82) is 0 Å². The molecule has 0 amide bonds. The fourth-order valence-corrected chi connectivity index (χ4v) is 5.69. The molecule has 35 heavy (non-hydrogen) atoms. The summed E-state index contributed by atoms with van der Waals surface area (Å²) >= 11 is 6.04. The number of sulfonamides is 1. The Balaban J connectivity index is 1.63. The first-order chi connectivity index (χ1) is 17.0. The largest absolute Gasteiger partial charge is 0.355 e. The van der Waals surface area contributed by atoms with Crippen LogP contribution in [0.15, 0.2) is 29.4 Å². The minimum Gasteiger partial charge on any atom is -0.355 e. The van der Waals surface area contributed by atoms with E-state index >= 15 is 0 Å². The van der Waals surface area contributed by atoms with Gasteiger partial charge in [-0.2, -0.15) is 0 Å². The van der Waals surface area contributed by atoms with E-state index in [4.69, 9.17) is 11.6 Å². The van der Waals surface area contributed by atoms with Crippen molar-refractivity contribution in [3.8, 4) is 0 Å². The summed E-state index contributed by atoms with van der Waals surface area (Å²) in [5.41, 5.74) is 0.885. The third-order valence-electron chi connectivity index (χ3n) is 6.82. The maximum absolute atomic E-state index is 12.6. The molecule has 2 rings (SSSR count). The van der Waals surface area contributed by atoms with E-state index in [-0.39, 0.29) is 5.75 Å². The molecule has 0 aromatic heterocycles. The van der Waals surface area contributed by atoms with Crippen LogP contribution in [0.4, 0.5) is 0 Å². The van der Waals surface area contributed by atoms with Crippen molar-refractivity contribution in [1.82, 2.24) is 9.73 Å². The van der Waals surface area contributed by atoms with E-state index in [1.54, 1.807) is 0 Å². The number of amidine groups is 1. The number of piperidine rings is 1. The third-order valence-corrected chi connectivity index (χ3v) is 8.26. The van der Waals surface area contributed by atoms with Crippen LogP contribution in [-0.4, -0.2) is 38.0 Å². The normalized spacial score (nSPS) is 14.9. The Morgan fingerprint density at radius 2 is 1.29 bits per heavy atom. The average molecular weight is 526 g/mol. The molecule has 0 atom stereocenters. The van der Waals surface area contributed by atoms with Crippen LogP contribution < -0.4 is 4.83 Å². The molecule has 5 nitrogen and oxygen atoms in total. The number of nitrogens with one attached hydrogen (secondary N) is 1. The van der Waals surface area contributed by atoms with E-state index in [2.05, 4.69) is 21.8 Å². The van der Waals surface area contributed by atoms with Crippen molar-refractivity contribution in [3.63, 3.8) is 0 Å². The van der Waals surface area contributed by atoms with Crippen LogP contribution in [0.1, 0.15) is 122 Å². The van der Waals surface area contributed by atoms with Gasteiger partial charge < -0.3 is 4.90 Å². The number of halogens is 1. The zero-order chi connectivity index (χ0) is 25.2. The molecule has 1 N–H and O–H groups in total. The lowest BCUT2D eigenvalue weighted by Crippen LogP contribution is -2.38. The molecule has 1 heterocycles. The highest BCUT2D eigenvalue weighted by Gasteiger charge is 2.18. The Bertz CT molecular complexity index is 806. The van der Waals surface area contributed by atoms with Gasteiger partial charge in [0.1, 0.15) is 0 Å². The van der Waals surface area contributed by atoms with Crippen LogP contribution in [0.3, 0.4) is 0 Å². The monoisotopic (exact) mass is 525 g/mol. The lowest BCUT2D eigenvalue weighted by Gasteiger charge is -2.29. The summed E-state index contributed by atoms with van der Waals surface area (Å²) in [5.74, 6) is 0.813. The second-order valence-electron chi connectivity index (χ2n) is 10.00. The second kappa shape index (κ2) is 18.0. The number of nitrogens with zero attached hydrogens (tertiary/aromatic N) is 2. The van der Waals surface area contributed by atoms with Crippen molar-refractivity contribution in [3.05, 3.63) is 34.9 Å². The first-order valence-corrected chi connectivity index (χ1v) is 16.1. The van der Waals surface area contributed by atoms with Gasteiger partial charge in [-0.05, 0) is 49.9 Å². The highest BCUT2D eigenvalue weighted by molar-refractivity contribution is 7.89. The molecule has 7 heteroatoms. The van der Waals surface area contributed by atoms with Crippen molar-refractivity contribution in [2.45, 2.75) is 116 Å². The average Bonchev–Trinajstić information content (AvgIpc) is 2.86. The van der Waals surface area contributed by atoms with Crippen molar-refractivity contribution in [2.24, 2.45) is 5.10 Å². The molecule has 0 spiro atoms. The van der Waals surface area contributed by atoms with Gasteiger partial charge in [0.05, 0.1) is 5.75 Å². The molecule has 0 radical (unpaired) electrons. The number of rotatable bonds is 18. The Labute approximate surface area is 220 Å². The number of hydrogen-bond acceptors (Lipinski definition) is 3. The fraction of sp³-hybridized carbons (Fsp3) is 0.750. The molecule has 0 bridgehead atoms. The molecular weight excluding hydrogens is 478 g/mol. The van der Waals surface area contributed by atoms with Crippen LogP contribution in [0.5, 0.6) is 0 Å². The van der Waals surface area contributed by atoms with Gasteiger partial charge in [-0.15, -0.1) is 5.10 Å². The summed E-state index contributed by atoms with van der Waals surface area (Å²) in [7, 11) is -3.44. The predicted molar refractivity (Wildman–Crippen MR) is 151 cm³/mol. The van der Waals surface area contributed by atoms with Crippen molar-refractivity contribution in [2.75, 3.05) is 18.8 Å². The van der Waals surface area contributed by atoms with Gasteiger partial charge in [0.2, 0.25) is 10.0 Å². The highest BCUT2D eigenvalue weighted by atomic mass is 35.5. The zero-order valence-electron chi connectivity index (χ0n) is 21.9. The fourth-order valence-electron chi connectivity index (χ4n) is 4.67. The summed E-state index contributed by atoms with van der Waals surface area (Å²) in [4.78, 5) is 4.67. The van der Waals surface area contributed by atoms with Crippen molar-refractivity contribution >= 4 is 27.5 Å². The second-order valence-corrected chi connectivity index (χ2v) is 12.3. The lowest BCUT2D eigenvalue weighted by molar-refractivity contribution is 0.341.